The number of nitrogen functional groups attached to an aromatic ring is 1. The lowest BCUT2D eigenvalue weighted by atomic mass is 10.2. The van der Waals surface area contributed by atoms with E-state index in [0.717, 1.165) is 30.2 Å². The zero-order chi connectivity index (χ0) is 8.55. The van der Waals surface area contributed by atoms with Crippen LogP contribution in [0.15, 0.2) is 0 Å². The Morgan fingerprint density at radius 2 is 2.17 bits per heavy atom. The number of nitrogens with one attached hydrogen (secondary N) is 1. The summed E-state index contributed by atoms with van der Waals surface area (Å²) in [6.07, 6.45) is 3.28. The molecule has 0 saturated carbocycles. The molecule has 64 valence electrons. The Kier molecular flexibility index (Phi) is 1.69. The zero-order valence-corrected chi connectivity index (χ0v) is 7.09. The average Bonchev–Trinajstić information content (AvgIpc) is 2.50. The number of fused-ring (bicyclic) bond motifs is 1. The summed E-state index contributed by atoms with van der Waals surface area (Å²) >= 11 is 0. The highest BCUT2D eigenvalue weighted by atomic mass is 15.3. The summed E-state index contributed by atoms with van der Waals surface area (Å²) in [6, 6.07) is 0. The molecule has 2 rings (SSSR count). The summed E-state index contributed by atoms with van der Waals surface area (Å²) < 4.78 is 0. The number of nitrogens with two attached hydrogens (primary N) is 1. The monoisotopic (exact) mass is 164 g/mol. The van der Waals surface area contributed by atoms with Crippen LogP contribution >= 0.6 is 0 Å². The standard InChI is InChI=1S/C8H12N4/c1-5-10-7-4-2-3-6(7)8(11-5)12-9/h2-4,9H2,1H3,(H,10,11,12). The summed E-state index contributed by atoms with van der Waals surface area (Å²) in [4.78, 5) is 8.57. The van der Waals surface area contributed by atoms with Gasteiger partial charge in [-0.3, -0.25) is 0 Å². The van der Waals surface area contributed by atoms with Crippen LogP contribution in [0, 0.1) is 6.92 Å². The minimum Gasteiger partial charge on any atom is -0.308 e. The van der Waals surface area contributed by atoms with Crippen LogP contribution in [-0.2, 0) is 12.8 Å². The smallest absolute Gasteiger partial charge is 0.147 e. The van der Waals surface area contributed by atoms with Crippen LogP contribution < -0.4 is 11.3 Å². The predicted octanol–water partition coefficient (Wildman–Crippen LogP) is 0.559. The van der Waals surface area contributed by atoms with E-state index >= 15 is 0 Å². The Hall–Kier alpha value is -1.16. The highest BCUT2D eigenvalue weighted by Crippen LogP contribution is 2.25. The van der Waals surface area contributed by atoms with E-state index in [4.69, 9.17) is 5.84 Å². The van der Waals surface area contributed by atoms with E-state index in [1.165, 1.54) is 12.0 Å². The second-order valence-corrected chi connectivity index (χ2v) is 3.04. The lowest BCUT2D eigenvalue weighted by molar-refractivity contribution is 0.895. The van der Waals surface area contributed by atoms with E-state index in [2.05, 4.69) is 15.4 Å². The second kappa shape index (κ2) is 2.71. The molecule has 0 radical (unpaired) electrons. The molecule has 3 N–H and O–H groups in total. The predicted molar refractivity (Wildman–Crippen MR) is 46.6 cm³/mol. The fourth-order valence-electron chi connectivity index (χ4n) is 1.68. The number of anilines is 1. The maximum absolute atomic E-state index is 5.35. The van der Waals surface area contributed by atoms with Crippen molar-refractivity contribution in [3.63, 3.8) is 0 Å². The number of hydrazine groups is 1. The summed E-state index contributed by atoms with van der Waals surface area (Å²) in [6.45, 7) is 1.89. The number of hydrogen-bond acceptors (Lipinski definition) is 4. The Morgan fingerprint density at radius 3 is 2.92 bits per heavy atom. The van der Waals surface area contributed by atoms with Gasteiger partial charge in [-0.1, -0.05) is 0 Å². The number of hydrogen-bond donors (Lipinski definition) is 2. The van der Waals surface area contributed by atoms with E-state index in [1.54, 1.807) is 0 Å². The van der Waals surface area contributed by atoms with Gasteiger partial charge >= 0.3 is 0 Å². The lowest BCUT2D eigenvalue weighted by Crippen LogP contribution is -2.12. The third kappa shape index (κ3) is 1.04. The van der Waals surface area contributed by atoms with Crippen molar-refractivity contribution >= 4 is 5.82 Å². The van der Waals surface area contributed by atoms with Gasteiger partial charge in [-0.2, -0.15) is 0 Å². The molecule has 1 aromatic heterocycles. The second-order valence-electron chi connectivity index (χ2n) is 3.04. The van der Waals surface area contributed by atoms with Gasteiger partial charge in [0.1, 0.15) is 11.6 Å². The fraction of sp³-hybridized carbons (Fsp3) is 0.500. The van der Waals surface area contributed by atoms with Gasteiger partial charge in [0.05, 0.1) is 0 Å². The van der Waals surface area contributed by atoms with Crippen molar-refractivity contribution in [1.82, 2.24) is 9.97 Å². The van der Waals surface area contributed by atoms with Crippen molar-refractivity contribution in [3.8, 4) is 0 Å². The summed E-state index contributed by atoms with van der Waals surface area (Å²) in [5.74, 6) is 6.95. The number of aryl methyl sites for hydroxylation is 2. The maximum Gasteiger partial charge on any atom is 0.147 e. The van der Waals surface area contributed by atoms with Crippen molar-refractivity contribution in [3.05, 3.63) is 17.1 Å². The minimum absolute atomic E-state index is 0.795. The van der Waals surface area contributed by atoms with Crippen molar-refractivity contribution in [2.75, 3.05) is 5.43 Å². The van der Waals surface area contributed by atoms with Crippen LogP contribution in [0.5, 0.6) is 0 Å². The number of nitrogens with zero attached hydrogens (tertiary/aromatic N) is 2. The van der Waals surface area contributed by atoms with Gasteiger partial charge in [0, 0.05) is 11.3 Å². The molecule has 0 aromatic carbocycles. The van der Waals surface area contributed by atoms with E-state index in [-0.39, 0.29) is 0 Å². The SMILES string of the molecule is Cc1nc2c(c(NN)n1)CCC2. The van der Waals surface area contributed by atoms with Gasteiger partial charge in [-0.25, -0.2) is 15.8 Å². The van der Waals surface area contributed by atoms with Gasteiger partial charge in [0.15, 0.2) is 0 Å². The van der Waals surface area contributed by atoms with Crippen LogP contribution in [0.25, 0.3) is 0 Å². The summed E-state index contributed by atoms with van der Waals surface area (Å²) in [5, 5.41) is 0. The van der Waals surface area contributed by atoms with Crippen molar-refractivity contribution < 1.29 is 0 Å². The Balaban J connectivity index is 2.55. The minimum atomic E-state index is 0.795. The molecule has 0 saturated heterocycles. The summed E-state index contributed by atoms with van der Waals surface area (Å²) in [5.41, 5.74) is 4.98. The van der Waals surface area contributed by atoms with Crippen LogP contribution in [0.4, 0.5) is 5.82 Å². The largest absolute Gasteiger partial charge is 0.308 e. The van der Waals surface area contributed by atoms with Gasteiger partial charge in [0.25, 0.3) is 0 Å². The van der Waals surface area contributed by atoms with E-state index in [0.29, 0.717) is 0 Å². The molecule has 1 heterocycles. The molecule has 0 amide bonds. The van der Waals surface area contributed by atoms with Crippen LogP contribution in [-0.4, -0.2) is 9.97 Å². The molecule has 0 fully saturated rings. The first-order valence-corrected chi connectivity index (χ1v) is 4.14. The third-order valence-electron chi connectivity index (χ3n) is 2.18. The highest BCUT2D eigenvalue weighted by Gasteiger charge is 2.17. The van der Waals surface area contributed by atoms with Gasteiger partial charge in [-0.15, -0.1) is 0 Å². The molecule has 0 atom stereocenters. The molecule has 12 heavy (non-hydrogen) atoms. The molecule has 0 aliphatic heterocycles. The quantitative estimate of drug-likeness (QED) is 0.470. The molecule has 4 nitrogen and oxygen atoms in total. The number of aromatic nitrogens is 2. The fourth-order valence-corrected chi connectivity index (χ4v) is 1.68. The van der Waals surface area contributed by atoms with E-state index in [9.17, 15) is 0 Å². The zero-order valence-electron chi connectivity index (χ0n) is 7.09. The molecule has 0 bridgehead atoms. The van der Waals surface area contributed by atoms with Gasteiger partial charge in [-0.05, 0) is 26.2 Å². The van der Waals surface area contributed by atoms with Gasteiger partial charge < -0.3 is 5.43 Å². The molecule has 1 aromatic rings. The topological polar surface area (TPSA) is 63.8 Å². The first-order chi connectivity index (χ1) is 5.81. The van der Waals surface area contributed by atoms with Crippen molar-refractivity contribution in [2.45, 2.75) is 26.2 Å². The number of rotatable bonds is 1. The average molecular weight is 164 g/mol. The molecular formula is C8H12N4. The Labute approximate surface area is 71.2 Å². The van der Waals surface area contributed by atoms with Crippen LogP contribution in [0.1, 0.15) is 23.5 Å². The molecular weight excluding hydrogens is 152 g/mol. The Morgan fingerprint density at radius 1 is 1.33 bits per heavy atom. The third-order valence-corrected chi connectivity index (χ3v) is 2.18. The normalized spacial score (nSPS) is 14.5. The van der Waals surface area contributed by atoms with E-state index < -0.39 is 0 Å². The van der Waals surface area contributed by atoms with Crippen LogP contribution in [0.2, 0.25) is 0 Å². The van der Waals surface area contributed by atoms with Gasteiger partial charge in [0.2, 0.25) is 0 Å². The molecule has 0 spiro atoms. The summed E-state index contributed by atoms with van der Waals surface area (Å²) in [7, 11) is 0. The van der Waals surface area contributed by atoms with E-state index in [1.807, 2.05) is 6.92 Å². The first-order valence-electron chi connectivity index (χ1n) is 4.14. The Bertz CT molecular complexity index is 308. The molecule has 1 aliphatic rings. The van der Waals surface area contributed by atoms with Crippen molar-refractivity contribution in [1.29, 1.82) is 0 Å². The molecule has 0 unspecified atom stereocenters. The van der Waals surface area contributed by atoms with Crippen LogP contribution in [0.3, 0.4) is 0 Å². The molecule has 4 heteroatoms. The highest BCUT2D eigenvalue weighted by molar-refractivity contribution is 5.47. The first kappa shape index (κ1) is 7.49. The molecule has 1 aliphatic carbocycles. The maximum atomic E-state index is 5.35. The van der Waals surface area contributed by atoms with Crippen molar-refractivity contribution in [2.24, 2.45) is 5.84 Å². The lowest BCUT2D eigenvalue weighted by Gasteiger charge is -2.06.